The van der Waals surface area contributed by atoms with Crippen LogP contribution in [0.4, 0.5) is 13.2 Å². The molecule has 0 nitrogen and oxygen atoms in total. The van der Waals surface area contributed by atoms with Crippen LogP contribution in [0.25, 0.3) is 0 Å². The maximum atomic E-state index is 12.4. The van der Waals surface area contributed by atoms with E-state index in [0.717, 1.165) is 6.07 Å². The van der Waals surface area contributed by atoms with Crippen molar-refractivity contribution >= 4 is 0 Å². The number of rotatable bonds is 1. The molecule has 0 heterocycles. The summed E-state index contributed by atoms with van der Waals surface area (Å²) in [6.45, 7) is 1.43. The number of hydrogen-bond donors (Lipinski definition) is 0. The number of alkyl halides is 3. The summed E-state index contributed by atoms with van der Waals surface area (Å²) in [6.07, 6.45) is 0.955. The van der Waals surface area contributed by atoms with E-state index in [1.54, 1.807) is 6.07 Å². The smallest absolute Gasteiger partial charge is 0.166 e. The molecule has 0 unspecified atom stereocenters. The highest BCUT2D eigenvalue weighted by Crippen LogP contribution is 2.32. The van der Waals surface area contributed by atoms with Crippen molar-refractivity contribution in [2.24, 2.45) is 0 Å². The summed E-state index contributed by atoms with van der Waals surface area (Å²) < 4.78 is 37.3. The second-order valence-electron chi connectivity index (χ2n) is 3.03. The molecule has 0 spiro atoms. The monoisotopic (exact) mass is 198 g/mol. The molecule has 0 saturated heterocycles. The molecule has 1 rings (SSSR count). The molecule has 1 aromatic rings. The van der Waals surface area contributed by atoms with Gasteiger partial charge in [0.25, 0.3) is 0 Å². The zero-order valence-corrected chi connectivity index (χ0v) is 7.65. The first kappa shape index (κ1) is 10.6. The Balaban J connectivity index is 3.17. The van der Waals surface area contributed by atoms with Crippen molar-refractivity contribution in [3.8, 4) is 12.3 Å². The third kappa shape index (κ3) is 2.29. The molecule has 0 atom stereocenters. The van der Waals surface area contributed by atoms with Crippen LogP contribution in [-0.4, -0.2) is 0 Å². The zero-order chi connectivity index (χ0) is 10.8. The fourth-order valence-electron chi connectivity index (χ4n) is 1.20. The van der Waals surface area contributed by atoms with E-state index in [2.05, 4.69) is 5.92 Å². The van der Waals surface area contributed by atoms with Crippen molar-refractivity contribution < 1.29 is 13.2 Å². The van der Waals surface area contributed by atoms with Crippen LogP contribution in [0.15, 0.2) is 18.2 Å². The van der Waals surface area contributed by atoms with Crippen molar-refractivity contribution in [1.29, 1.82) is 0 Å². The number of aryl methyl sites for hydroxylation is 1. The van der Waals surface area contributed by atoms with Crippen LogP contribution in [0.1, 0.15) is 16.7 Å². The molecule has 0 N–H and O–H groups in total. The Bertz CT molecular complexity index is 369. The second kappa shape index (κ2) is 3.75. The molecular formula is C11H9F3. The van der Waals surface area contributed by atoms with Gasteiger partial charge in [-0.15, -0.1) is 12.3 Å². The Morgan fingerprint density at radius 1 is 1.36 bits per heavy atom. The van der Waals surface area contributed by atoms with Gasteiger partial charge >= 0.3 is 6.18 Å². The van der Waals surface area contributed by atoms with Gasteiger partial charge in [0.2, 0.25) is 0 Å². The number of benzene rings is 1. The molecule has 0 saturated carbocycles. The van der Waals surface area contributed by atoms with Gasteiger partial charge in [-0.25, -0.2) is 0 Å². The lowest BCUT2D eigenvalue weighted by Crippen LogP contribution is -2.07. The minimum absolute atomic E-state index is 0.221. The summed E-state index contributed by atoms with van der Waals surface area (Å²) in [5.41, 5.74) is 0.133. The van der Waals surface area contributed by atoms with Gasteiger partial charge in [-0.2, -0.15) is 13.2 Å². The van der Waals surface area contributed by atoms with E-state index in [-0.39, 0.29) is 12.0 Å². The minimum atomic E-state index is -4.30. The summed E-state index contributed by atoms with van der Waals surface area (Å²) in [4.78, 5) is 0. The van der Waals surface area contributed by atoms with Gasteiger partial charge in [-0.05, 0) is 24.1 Å². The third-order valence-corrected chi connectivity index (χ3v) is 1.91. The van der Waals surface area contributed by atoms with E-state index in [4.69, 9.17) is 6.42 Å². The summed E-state index contributed by atoms with van der Waals surface area (Å²) in [6, 6.07) is 4.16. The molecule has 1 aromatic carbocycles. The largest absolute Gasteiger partial charge is 0.416 e. The van der Waals surface area contributed by atoms with Gasteiger partial charge in [-0.3, -0.25) is 0 Å². The predicted molar refractivity (Wildman–Crippen MR) is 48.7 cm³/mol. The van der Waals surface area contributed by atoms with Gasteiger partial charge in [-0.1, -0.05) is 12.1 Å². The number of halogens is 3. The van der Waals surface area contributed by atoms with E-state index < -0.39 is 11.7 Å². The van der Waals surface area contributed by atoms with Gasteiger partial charge in [0.15, 0.2) is 0 Å². The Kier molecular flexibility index (Phi) is 2.85. The third-order valence-electron chi connectivity index (χ3n) is 1.91. The molecule has 3 heteroatoms. The fourth-order valence-corrected chi connectivity index (χ4v) is 1.20. The Morgan fingerprint density at radius 3 is 2.50 bits per heavy atom. The predicted octanol–water partition coefficient (Wildman–Crippen LogP) is 3.19. The maximum Gasteiger partial charge on any atom is 0.416 e. The van der Waals surface area contributed by atoms with Crippen LogP contribution in [0.5, 0.6) is 0 Å². The lowest BCUT2D eigenvalue weighted by atomic mass is 10.0. The normalized spacial score (nSPS) is 11.1. The zero-order valence-electron chi connectivity index (χ0n) is 7.65. The van der Waals surface area contributed by atoms with Crippen molar-refractivity contribution in [2.45, 2.75) is 19.5 Å². The molecule has 0 aliphatic rings. The first-order valence-electron chi connectivity index (χ1n) is 4.05. The van der Waals surface area contributed by atoms with E-state index in [1.807, 2.05) is 0 Å². The molecule has 0 fully saturated rings. The summed E-state index contributed by atoms with van der Waals surface area (Å²) in [5.74, 6) is 2.31. The number of hydrogen-bond acceptors (Lipinski definition) is 0. The van der Waals surface area contributed by atoms with Crippen LogP contribution in [-0.2, 0) is 12.6 Å². The first-order chi connectivity index (χ1) is 6.45. The van der Waals surface area contributed by atoms with Crippen LogP contribution in [0.3, 0.4) is 0 Å². The highest BCUT2D eigenvalue weighted by Gasteiger charge is 2.32. The highest BCUT2D eigenvalue weighted by atomic mass is 19.4. The fraction of sp³-hybridized carbons (Fsp3) is 0.273. The molecule has 14 heavy (non-hydrogen) atoms. The minimum Gasteiger partial charge on any atom is -0.166 e. The standard InChI is InChI=1S/C11H9F3/c1-3-4-9-6-5-8(2)10(7-9)11(12,13)14/h1,5-7H,4H2,2H3. The second-order valence-corrected chi connectivity index (χ2v) is 3.03. The van der Waals surface area contributed by atoms with Gasteiger partial charge in [0.1, 0.15) is 0 Å². The highest BCUT2D eigenvalue weighted by molar-refractivity contribution is 5.34. The van der Waals surface area contributed by atoms with Crippen molar-refractivity contribution in [1.82, 2.24) is 0 Å². The molecule has 0 aliphatic heterocycles. The Morgan fingerprint density at radius 2 is 2.00 bits per heavy atom. The van der Waals surface area contributed by atoms with E-state index >= 15 is 0 Å². The topological polar surface area (TPSA) is 0 Å². The maximum absolute atomic E-state index is 12.4. The van der Waals surface area contributed by atoms with Crippen LogP contribution in [0, 0.1) is 19.3 Å². The average Bonchev–Trinajstić information content (AvgIpc) is 2.07. The van der Waals surface area contributed by atoms with Crippen LogP contribution < -0.4 is 0 Å². The Hall–Kier alpha value is -1.43. The molecule has 74 valence electrons. The quantitative estimate of drug-likeness (QED) is 0.608. The van der Waals surface area contributed by atoms with Crippen LogP contribution in [0.2, 0.25) is 0 Å². The lowest BCUT2D eigenvalue weighted by molar-refractivity contribution is -0.138. The van der Waals surface area contributed by atoms with E-state index in [9.17, 15) is 13.2 Å². The summed E-state index contributed by atoms with van der Waals surface area (Å²) in [5, 5.41) is 0. The van der Waals surface area contributed by atoms with Crippen LogP contribution >= 0.6 is 0 Å². The van der Waals surface area contributed by atoms with E-state index in [1.165, 1.54) is 13.0 Å². The van der Waals surface area contributed by atoms with Gasteiger partial charge < -0.3 is 0 Å². The summed E-state index contributed by atoms with van der Waals surface area (Å²) >= 11 is 0. The molecular weight excluding hydrogens is 189 g/mol. The van der Waals surface area contributed by atoms with Gasteiger partial charge in [0.05, 0.1) is 5.56 Å². The summed E-state index contributed by atoms with van der Waals surface area (Å²) in [7, 11) is 0. The Labute approximate surface area is 80.8 Å². The molecule has 0 bridgehead atoms. The van der Waals surface area contributed by atoms with Crippen molar-refractivity contribution in [3.63, 3.8) is 0 Å². The number of terminal acetylenes is 1. The van der Waals surface area contributed by atoms with Crippen molar-refractivity contribution in [3.05, 3.63) is 34.9 Å². The molecule has 0 aliphatic carbocycles. The SMILES string of the molecule is C#CCc1ccc(C)c(C(F)(F)F)c1. The first-order valence-corrected chi connectivity index (χ1v) is 4.05. The van der Waals surface area contributed by atoms with Gasteiger partial charge in [0, 0.05) is 6.42 Å². The molecule has 0 radical (unpaired) electrons. The van der Waals surface area contributed by atoms with E-state index in [0.29, 0.717) is 5.56 Å². The lowest BCUT2D eigenvalue weighted by Gasteiger charge is -2.10. The average molecular weight is 198 g/mol. The molecule has 0 amide bonds. The van der Waals surface area contributed by atoms with Crippen molar-refractivity contribution in [2.75, 3.05) is 0 Å². The molecule has 0 aromatic heterocycles.